The fourth-order valence-electron chi connectivity index (χ4n) is 2.15. The molecule has 2 rings (SSSR count). The van der Waals surface area contributed by atoms with Crippen LogP contribution in [0.1, 0.15) is 13.8 Å². The lowest BCUT2D eigenvalue weighted by Crippen LogP contribution is -2.27. The van der Waals surface area contributed by atoms with Crippen molar-refractivity contribution in [3.63, 3.8) is 0 Å². The summed E-state index contributed by atoms with van der Waals surface area (Å²) in [6, 6.07) is 5.78. The summed E-state index contributed by atoms with van der Waals surface area (Å²) >= 11 is 6.12. The summed E-state index contributed by atoms with van der Waals surface area (Å²) in [5.74, 6) is 0.533. The third kappa shape index (κ3) is 2.44. The molecule has 0 saturated carbocycles. The Bertz CT molecular complexity index is 531. The van der Waals surface area contributed by atoms with Crippen LogP contribution in [0.25, 0.3) is 11.0 Å². The minimum Gasteiger partial charge on any atom is -0.369 e. The summed E-state index contributed by atoms with van der Waals surface area (Å²) in [5.41, 5.74) is 7.76. The second-order valence-electron chi connectivity index (χ2n) is 4.26. The average Bonchev–Trinajstić information content (AvgIpc) is 2.69. The van der Waals surface area contributed by atoms with E-state index in [1.54, 1.807) is 0 Å². The predicted molar refractivity (Wildman–Crippen MR) is 76.9 cm³/mol. The number of likely N-dealkylation sites (N-methyl/N-ethyl adjacent to an activating group) is 1. The SMILES string of the molecule is CCN(CC)CCn1c(N)nc2c(Cl)cccc21. The molecule has 0 unspecified atom stereocenters. The van der Waals surface area contributed by atoms with Gasteiger partial charge in [-0.3, -0.25) is 0 Å². The van der Waals surface area contributed by atoms with E-state index in [0.717, 1.165) is 37.2 Å². The van der Waals surface area contributed by atoms with E-state index in [9.17, 15) is 0 Å². The maximum absolute atomic E-state index is 6.12. The molecule has 18 heavy (non-hydrogen) atoms. The molecular formula is C13H19ClN4. The van der Waals surface area contributed by atoms with Crippen molar-refractivity contribution in [3.05, 3.63) is 23.2 Å². The van der Waals surface area contributed by atoms with Gasteiger partial charge in [-0.2, -0.15) is 0 Å². The molecule has 1 aromatic carbocycles. The smallest absolute Gasteiger partial charge is 0.201 e. The van der Waals surface area contributed by atoms with Crippen molar-refractivity contribution in [3.8, 4) is 0 Å². The minimum absolute atomic E-state index is 0.533. The van der Waals surface area contributed by atoms with Crippen LogP contribution in [-0.2, 0) is 6.54 Å². The number of nitrogens with zero attached hydrogens (tertiary/aromatic N) is 3. The van der Waals surface area contributed by atoms with Gasteiger partial charge in [0.2, 0.25) is 5.95 Å². The van der Waals surface area contributed by atoms with E-state index in [2.05, 4.69) is 23.7 Å². The number of aromatic nitrogens is 2. The number of para-hydroxylation sites is 1. The standard InChI is InChI=1S/C13H19ClN4/c1-3-17(4-2)8-9-18-11-7-5-6-10(14)12(11)16-13(18)15/h5-7H,3-4,8-9H2,1-2H3,(H2,15,16). The maximum Gasteiger partial charge on any atom is 0.201 e. The molecule has 0 aliphatic rings. The number of halogens is 1. The molecule has 4 nitrogen and oxygen atoms in total. The first kappa shape index (κ1) is 13.2. The molecule has 0 amide bonds. The topological polar surface area (TPSA) is 47.1 Å². The number of rotatable bonds is 5. The summed E-state index contributed by atoms with van der Waals surface area (Å²) in [6.07, 6.45) is 0. The number of fused-ring (bicyclic) bond motifs is 1. The van der Waals surface area contributed by atoms with Gasteiger partial charge in [-0.1, -0.05) is 31.5 Å². The molecule has 5 heteroatoms. The van der Waals surface area contributed by atoms with Gasteiger partial charge >= 0.3 is 0 Å². The Hall–Kier alpha value is -1.26. The predicted octanol–water partition coefficient (Wildman–Crippen LogP) is 2.61. The van der Waals surface area contributed by atoms with Crippen molar-refractivity contribution in [2.45, 2.75) is 20.4 Å². The summed E-state index contributed by atoms with van der Waals surface area (Å²) < 4.78 is 2.03. The highest BCUT2D eigenvalue weighted by molar-refractivity contribution is 6.35. The quantitative estimate of drug-likeness (QED) is 0.905. The van der Waals surface area contributed by atoms with E-state index in [-0.39, 0.29) is 0 Å². The van der Waals surface area contributed by atoms with Gasteiger partial charge in [-0.25, -0.2) is 4.98 Å². The monoisotopic (exact) mass is 266 g/mol. The van der Waals surface area contributed by atoms with Gasteiger partial charge in [0.25, 0.3) is 0 Å². The maximum atomic E-state index is 6.12. The second-order valence-corrected chi connectivity index (χ2v) is 4.66. The summed E-state index contributed by atoms with van der Waals surface area (Å²) in [6.45, 7) is 8.22. The number of hydrogen-bond donors (Lipinski definition) is 1. The average molecular weight is 267 g/mol. The third-order valence-electron chi connectivity index (χ3n) is 3.29. The van der Waals surface area contributed by atoms with Crippen LogP contribution < -0.4 is 5.73 Å². The molecule has 98 valence electrons. The number of benzene rings is 1. The van der Waals surface area contributed by atoms with Crippen molar-refractivity contribution in [2.75, 3.05) is 25.4 Å². The van der Waals surface area contributed by atoms with Crippen LogP contribution >= 0.6 is 11.6 Å². The van der Waals surface area contributed by atoms with Gasteiger partial charge in [0.05, 0.1) is 10.5 Å². The molecule has 0 saturated heterocycles. The molecule has 0 atom stereocenters. The van der Waals surface area contributed by atoms with Crippen molar-refractivity contribution in [1.29, 1.82) is 0 Å². The zero-order valence-electron chi connectivity index (χ0n) is 10.9. The molecule has 0 fully saturated rings. The molecule has 1 heterocycles. The molecule has 1 aromatic heterocycles. The van der Waals surface area contributed by atoms with Crippen LogP contribution in [0.2, 0.25) is 5.02 Å². The number of nitrogens with two attached hydrogens (primary N) is 1. The molecule has 2 aromatic rings. The zero-order chi connectivity index (χ0) is 13.1. The zero-order valence-corrected chi connectivity index (χ0v) is 11.6. The second kappa shape index (κ2) is 5.59. The van der Waals surface area contributed by atoms with Gasteiger partial charge in [-0.05, 0) is 25.2 Å². The lowest BCUT2D eigenvalue weighted by molar-refractivity contribution is 0.292. The summed E-state index contributed by atoms with van der Waals surface area (Å²) in [7, 11) is 0. The van der Waals surface area contributed by atoms with E-state index >= 15 is 0 Å². The highest BCUT2D eigenvalue weighted by Gasteiger charge is 2.11. The van der Waals surface area contributed by atoms with Crippen LogP contribution in [0, 0.1) is 0 Å². The molecule has 0 spiro atoms. The van der Waals surface area contributed by atoms with Crippen LogP contribution in [0.5, 0.6) is 0 Å². The van der Waals surface area contributed by atoms with E-state index < -0.39 is 0 Å². The molecule has 0 bridgehead atoms. The van der Waals surface area contributed by atoms with Gasteiger partial charge in [0.1, 0.15) is 5.52 Å². The fraction of sp³-hybridized carbons (Fsp3) is 0.462. The first-order chi connectivity index (χ1) is 8.67. The van der Waals surface area contributed by atoms with E-state index in [1.807, 2.05) is 22.8 Å². The molecule has 0 aliphatic carbocycles. The summed E-state index contributed by atoms with van der Waals surface area (Å²) in [5, 5.41) is 0.654. The summed E-state index contributed by atoms with van der Waals surface area (Å²) in [4.78, 5) is 6.69. The van der Waals surface area contributed by atoms with Crippen LogP contribution in [-0.4, -0.2) is 34.1 Å². The van der Waals surface area contributed by atoms with Crippen LogP contribution in [0.3, 0.4) is 0 Å². The van der Waals surface area contributed by atoms with E-state index in [1.165, 1.54) is 0 Å². The molecule has 2 N–H and O–H groups in total. The molecular weight excluding hydrogens is 248 g/mol. The number of anilines is 1. The Balaban J connectivity index is 2.28. The largest absolute Gasteiger partial charge is 0.369 e. The van der Waals surface area contributed by atoms with E-state index in [4.69, 9.17) is 17.3 Å². The normalized spacial score (nSPS) is 11.6. The number of nitrogen functional groups attached to an aromatic ring is 1. The third-order valence-corrected chi connectivity index (χ3v) is 3.60. The first-order valence-corrected chi connectivity index (χ1v) is 6.67. The number of imidazole rings is 1. The number of hydrogen-bond acceptors (Lipinski definition) is 3. The van der Waals surface area contributed by atoms with Gasteiger partial charge in [0, 0.05) is 13.1 Å². The Kier molecular flexibility index (Phi) is 4.09. The Morgan fingerprint density at radius 3 is 2.72 bits per heavy atom. The first-order valence-electron chi connectivity index (χ1n) is 6.30. The Morgan fingerprint density at radius 2 is 2.06 bits per heavy atom. The van der Waals surface area contributed by atoms with Gasteiger partial charge in [0.15, 0.2) is 0 Å². The highest BCUT2D eigenvalue weighted by atomic mass is 35.5. The Morgan fingerprint density at radius 1 is 1.33 bits per heavy atom. The van der Waals surface area contributed by atoms with Gasteiger partial charge < -0.3 is 15.2 Å². The van der Waals surface area contributed by atoms with Crippen LogP contribution in [0.4, 0.5) is 5.95 Å². The van der Waals surface area contributed by atoms with Crippen molar-refractivity contribution in [2.24, 2.45) is 0 Å². The minimum atomic E-state index is 0.533. The highest BCUT2D eigenvalue weighted by Crippen LogP contribution is 2.24. The molecule has 0 radical (unpaired) electrons. The van der Waals surface area contributed by atoms with Crippen molar-refractivity contribution in [1.82, 2.24) is 14.5 Å². The fourth-order valence-corrected chi connectivity index (χ4v) is 2.36. The van der Waals surface area contributed by atoms with Crippen molar-refractivity contribution >= 4 is 28.6 Å². The van der Waals surface area contributed by atoms with Gasteiger partial charge in [-0.15, -0.1) is 0 Å². The lowest BCUT2D eigenvalue weighted by Gasteiger charge is -2.18. The molecule has 0 aliphatic heterocycles. The Labute approximate surface area is 112 Å². The van der Waals surface area contributed by atoms with Crippen LogP contribution in [0.15, 0.2) is 18.2 Å². The lowest BCUT2D eigenvalue weighted by atomic mass is 10.3. The van der Waals surface area contributed by atoms with Crippen molar-refractivity contribution < 1.29 is 0 Å². The van der Waals surface area contributed by atoms with E-state index in [0.29, 0.717) is 11.0 Å².